The molecule has 1 aliphatic rings. The van der Waals surface area contributed by atoms with E-state index in [1.54, 1.807) is 7.11 Å². The van der Waals surface area contributed by atoms with Crippen LogP contribution in [0.2, 0.25) is 0 Å². The molecule has 0 amide bonds. The smallest absolute Gasteiger partial charge is 0.173 e. The van der Waals surface area contributed by atoms with Crippen LogP contribution >= 0.6 is 12.2 Å². The molecule has 0 radical (unpaired) electrons. The molecule has 0 aromatic heterocycles. The second-order valence-electron chi connectivity index (χ2n) is 7.87. The minimum Gasteiger partial charge on any atom is -0.495 e. The van der Waals surface area contributed by atoms with E-state index in [4.69, 9.17) is 17.0 Å². The van der Waals surface area contributed by atoms with E-state index in [1.165, 1.54) is 12.8 Å². The third-order valence-electron chi connectivity index (χ3n) is 5.23. The Morgan fingerprint density at radius 3 is 2.46 bits per heavy atom. The Bertz CT molecular complexity index is 568. The van der Waals surface area contributed by atoms with Crippen LogP contribution in [0.4, 0.5) is 5.69 Å². The highest BCUT2D eigenvalue weighted by molar-refractivity contribution is 7.80. The van der Waals surface area contributed by atoms with Crippen LogP contribution in [0.1, 0.15) is 47.0 Å². The van der Waals surface area contributed by atoms with Crippen molar-refractivity contribution < 1.29 is 4.74 Å². The number of nitrogens with zero attached hydrogens (tertiary/aromatic N) is 2. The second-order valence-corrected chi connectivity index (χ2v) is 8.25. The third kappa shape index (κ3) is 5.85. The lowest BCUT2D eigenvalue weighted by Crippen LogP contribution is -2.50. The number of methoxy groups -OCH3 is 1. The summed E-state index contributed by atoms with van der Waals surface area (Å²) in [5, 5.41) is 4.25. The van der Waals surface area contributed by atoms with Crippen LogP contribution in [0.15, 0.2) is 24.3 Å². The molecular formula is C21H35N3OS. The van der Waals surface area contributed by atoms with Crippen molar-refractivity contribution in [3.8, 4) is 5.75 Å². The summed E-state index contributed by atoms with van der Waals surface area (Å²) in [5.74, 6) is 1.50. The highest BCUT2D eigenvalue weighted by atomic mass is 32.1. The van der Waals surface area contributed by atoms with Crippen molar-refractivity contribution >= 4 is 23.0 Å². The van der Waals surface area contributed by atoms with Crippen LogP contribution in [0.25, 0.3) is 0 Å². The fourth-order valence-electron chi connectivity index (χ4n) is 3.50. The van der Waals surface area contributed by atoms with Crippen LogP contribution < -0.4 is 10.1 Å². The number of rotatable bonds is 7. The maximum atomic E-state index is 5.82. The van der Waals surface area contributed by atoms with Gasteiger partial charge in [-0.15, -0.1) is 0 Å². The fourth-order valence-corrected chi connectivity index (χ4v) is 3.85. The first-order chi connectivity index (χ1) is 12.4. The Morgan fingerprint density at radius 1 is 1.23 bits per heavy atom. The maximum Gasteiger partial charge on any atom is 0.173 e. The molecule has 1 fully saturated rings. The number of benzene rings is 1. The first-order valence-electron chi connectivity index (χ1n) is 9.87. The maximum absolute atomic E-state index is 5.82. The Balaban J connectivity index is 2.07. The molecule has 5 heteroatoms. The summed E-state index contributed by atoms with van der Waals surface area (Å²) in [6.07, 6.45) is 3.49. The number of piperidine rings is 1. The number of para-hydroxylation sites is 2. The quantitative estimate of drug-likeness (QED) is 0.700. The molecule has 1 aromatic carbocycles. The zero-order valence-corrected chi connectivity index (χ0v) is 17.8. The predicted molar refractivity (Wildman–Crippen MR) is 115 cm³/mol. The fraction of sp³-hybridized carbons (Fsp3) is 0.667. The van der Waals surface area contributed by atoms with Gasteiger partial charge in [0.15, 0.2) is 5.11 Å². The number of anilines is 1. The van der Waals surface area contributed by atoms with E-state index in [-0.39, 0.29) is 0 Å². The summed E-state index contributed by atoms with van der Waals surface area (Å²) < 4.78 is 5.46. The van der Waals surface area contributed by atoms with E-state index in [0.717, 1.165) is 42.6 Å². The molecule has 0 saturated carbocycles. The summed E-state index contributed by atoms with van der Waals surface area (Å²) in [5.41, 5.74) is 0.939. The van der Waals surface area contributed by atoms with Gasteiger partial charge in [-0.05, 0) is 63.4 Å². The molecule has 0 spiro atoms. The zero-order valence-electron chi connectivity index (χ0n) is 17.0. The minimum absolute atomic E-state index is 0.512. The number of likely N-dealkylation sites (tertiary alicyclic amines) is 1. The molecule has 1 N–H and O–H groups in total. The summed E-state index contributed by atoms with van der Waals surface area (Å²) in [7, 11) is 1.70. The molecular weight excluding hydrogens is 342 g/mol. The monoisotopic (exact) mass is 377 g/mol. The van der Waals surface area contributed by atoms with Crippen molar-refractivity contribution in [3.05, 3.63) is 24.3 Å². The van der Waals surface area contributed by atoms with Crippen molar-refractivity contribution in [2.24, 2.45) is 5.92 Å². The lowest BCUT2D eigenvalue weighted by atomic mass is 10.0. The average Bonchev–Trinajstić information content (AvgIpc) is 2.62. The highest BCUT2D eigenvalue weighted by Crippen LogP contribution is 2.25. The molecule has 2 rings (SSSR count). The van der Waals surface area contributed by atoms with Gasteiger partial charge in [0.25, 0.3) is 0 Å². The van der Waals surface area contributed by atoms with Gasteiger partial charge >= 0.3 is 0 Å². The highest BCUT2D eigenvalue weighted by Gasteiger charge is 2.27. The summed E-state index contributed by atoms with van der Waals surface area (Å²) in [6, 6.07) is 9.10. The van der Waals surface area contributed by atoms with Gasteiger partial charge in [-0.3, -0.25) is 0 Å². The van der Waals surface area contributed by atoms with Gasteiger partial charge in [-0.1, -0.05) is 26.0 Å². The van der Waals surface area contributed by atoms with Crippen molar-refractivity contribution in [3.63, 3.8) is 0 Å². The first-order valence-corrected chi connectivity index (χ1v) is 10.3. The summed E-state index contributed by atoms with van der Waals surface area (Å²) >= 11 is 5.82. The van der Waals surface area contributed by atoms with Crippen molar-refractivity contribution in [1.82, 2.24) is 9.80 Å². The zero-order chi connectivity index (χ0) is 19.1. The molecule has 4 nitrogen and oxygen atoms in total. The molecule has 0 bridgehead atoms. The van der Waals surface area contributed by atoms with Gasteiger partial charge in [-0.2, -0.15) is 0 Å². The normalized spacial score (nSPS) is 16.1. The van der Waals surface area contributed by atoms with E-state index in [0.29, 0.717) is 18.0 Å². The number of ether oxygens (including phenoxy) is 1. The molecule has 1 saturated heterocycles. The Morgan fingerprint density at radius 2 is 1.88 bits per heavy atom. The molecule has 1 aliphatic heterocycles. The molecule has 0 atom stereocenters. The largest absolute Gasteiger partial charge is 0.495 e. The van der Waals surface area contributed by atoms with E-state index < -0.39 is 0 Å². The van der Waals surface area contributed by atoms with Crippen LogP contribution in [-0.4, -0.2) is 53.7 Å². The Kier molecular flexibility index (Phi) is 8.16. The Hall–Kier alpha value is -1.33. The number of hydrogen-bond donors (Lipinski definition) is 1. The first kappa shape index (κ1) is 21.0. The van der Waals surface area contributed by atoms with E-state index >= 15 is 0 Å². The van der Waals surface area contributed by atoms with Gasteiger partial charge in [0.1, 0.15) is 5.75 Å². The molecule has 26 heavy (non-hydrogen) atoms. The molecule has 146 valence electrons. The third-order valence-corrected chi connectivity index (χ3v) is 5.56. The average molecular weight is 378 g/mol. The van der Waals surface area contributed by atoms with Gasteiger partial charge in [0.05, 0.1) is 12.8 Å². The number of thiocarbonyl (C=S) groups is 1. The van der Waals surface area contributed by atoms with E-state index in [1.807, 2.05) is 24.3 Å². The number of hydrogen-bond acceptors (Lipinski definition) is 3. The van der Waals surface area contributed by atoms with Gasteiger partial charge in [0.2, 0.25) is 0 Å². The molecule has 1 aromatic rings. The second kappa shape index (κ2) is 10.1. The number of nitrogens with one attached hydrogen (secondary N) is 1. The van der Waals surface area contributed by atoms with Crippen LogP contribution in [0.3, 0.4) is 0 Å². The lowest BCUT2D eigenvalue weighted by molar-refractivity contribution is 0.126. The van der Waals surface area contributed by atoms with Gasteiger partial charge in [-0.25, -0.2) is 0 Å². The van der Waals surface area contributed by atoms with Crippen molar-refractivity contribution in [2.75, 3.05) is 32.1 Å². The van der Waals surface area contributed by atoms with Crippen LogP contribution in [0.5, 0.6) is 5.75 Å². The van der Waals surface area contributed by atoms with Gasteiger partial charge in [0, 0.05) is 31.7 Å². The SMILES string of the molecule is COc1ccccc1NC(=S)N(CCC(C)C)C1CCN(C(C)C)CC1. The van der Waals surface area contributed by atoms with Crippen LogP contribution in [0, 0.1) is 5.92 Å². The molecule has 0 unspecified atom stereocenters. The van der Waals surface area contributed by atoms with Crippen molar-refractivity contribution in [2.45, 2.75) is 59.0 Å². The standard InChI is InChI=1S/C21H35N3OS/c1-16(2)10-15-24(18-11-13-23(14-12-18)17(3)4)21(26)22-19-8-6-7-9-20(19)25-5/h6-9,16-18H,10-15H2,1-5H3,(H,22,26). The minimum atomic E-state index is 0.512. The topological polar surface area (TPSA) is 27.7 Å². The summed E-state index contributed by atoms with van der Waals surface area (Å²) in [4.78, 5) is 4.98. The van der Waals surface area contributed by atoms with Crippen molar-refractivity contribution in [1.29, 1.82) is 0 Å². The predicted octanol–water partition coefficient (Wildman–Crippen LogP) is 4.61. The van der Waals surface area contributed by atoms with E-state index in [9.17, 15) is 0 Å². The summed E-state index contributed by atoms with van der Waals surface area (Å²) in [6.45, 7) is 12.4. The van der Waals surface area contributed by atoms with Crippen LogP contribution in [-0.2, 0) is 0 Å². The van der Waals surface area contributed by atoms with Gasteiger partial charge < -0.3 is 19.9 Å². The lowest BCUT2D eigenvalue weighted by Gasteiger charge is -2.41. The van der Waals surface area contributed by atoms with E-state index in [2.05, 4.69) is 42.8 Å². The molecule has 0 aliphatic carbocycles. The Labute approximate surface area is 164 Å². The molecule has 1 heterocycles.